The third kappa shape index (κ3) is 3.62. The van der Waals surface area contributed by atoms with E-state index in [9.17, 15) is 8.42 Å². The predicted molar refractivity (Wildman–Crippen MR) is 78.3 cm³/mol. The van der Waals surface area contributed by atoms with Crippen LogP contribution in [0.3, 0.4) is 0 Å². The number of nitrogens with zero attached hydrogens (tertiary/aromatic N) is 1. The monoisotopic (exact) mass is 302 g/mol. The molecule has 0 aliphatic rings. The van der Waals surface area contributed by atoms with E-state index in [1.807, 2.05) is 0 Å². The van der Waals surface area contributed by atoms with Crippen molar-refractivity contribution in [2.24, 2.45) is 0 Å². The van der Waals surface area contributed by atoms with Crippen molar-refractivity contribution in [3.8, 4) is 5.75 Å². The van der Waals surface area contributed by atoms with E-state index in [0.717, 1.165) is 0 Å². The van der Waals surface area contributed by atoms with Gasteiger partial charge in [-0.25, -0.2) is 8.42 Å². The van der Waals surface area contributed by atoms with Gasteiger partial charge in [-0.05, 0) is 32.0 Å². The van der Waals surface area contributed by atoms with Gasteiger partial charge >= 0.3 is 0 Å². The maximum absolute atomic E-state index is 12.6. The van der Waals surface area contributed by atoms with Crippen LogP contribution in [0.2, 0.25) is 0 Å². The average Bonchev–Trinajstić information content (AvgIpc) is 2.40. The smallest absolute Gasteiger partial charge is 0.246 e. The first kappa shape index (κ1) is 16.7. The number of likely N-dealkylation sites (N-methyl/N-ethyl adjacent to an activating group) is 1. The molecule has 0 fully saturated rings. The molecule has 0 saturated carbocycles. The molecule has 0 radical (unpaired) electrons. The van der Waals surface area contributed by atoms with E-state index in [1.54, 1.807) is 26.0 Å². The molecule has 0 aromatic heterocycles. The molecule has 1 rings (SSSR count). The van der Waals surface area contributed by atoms with Crippen LogP contribution in [-0.2, 0) is 14.8 Å². The van der Waals surface area contributed by atoms with Gasteiger partial charge in [0.05, 0.1) is 13.2 Å². The van der Waals surface area contributed by atoms with Crippen LogP contribution in [0.5, 0.6) is 5.75 Å². The number of hydrogen-bond donors (Lipinski definition) is 1. The van der Waals surface area contributed by atoms with E-state index in [2.05, 4.69) is 0 Å². The zero-order valence-electron chi connectivity index (χ0n) is 12.3. The highest BCUT2D eigenvalue weighted by Crippen LogP contribution is 2.29. The lowest BCUT2D eigenvalue weighted by atomic mass is 10.3. The molecular weight excluding hydrogens is 280 g/mol. The number of hydrogen-bond acceptors (Lipinski definition) is 5. The van der Waals surface area contributed by atoms with Gasteiger partial charge in [0.1, 0.15) is 10.6 Å². The SMILES string of the molecule is CCOc1ccc(N)cc1S(=O)(=O)N(C)C(C)COC. The van der Waals surface area contributed by atoms with Crippen molar-refractivity contribution in [1.29, 1.82) is 0 Å². The van der Waals surface area contributed by atoms with E-state index in [0.29, 0.717) is 24.7 Å². The molecule has 2 N–H and O–H groups in total. The Kier molecular flexibility index (Phi) is 5.79. The molecule has 1 unspecified atom stereocenters. The van der Waals surface area contributed by atoms with Gasteiger partial charge in [0.15, 0.2) is 0 Å². The molecule has 0 heterocycles. The summed E-state index contributed by atoms with van der Waals surface area (Å²) >= 11 is 0. The quantitative estimate of drug-likeness (QED) is 0.768. The number of sulfonamides is 1. The van der Waals surface area contributed by atoms with Gasteiger partial charge in [0, 0.05) is 25.9 Å². The van der Waals surface area contributed by atoms with Crippen LogP contribution >= 0.6 is 0 Å². The second-order valence-corrected chi connectivity index (χ2v) is 6.43. The Labute approximate surface area is 120 Å². The van der Waals surface area contributed by atoms with Crippen LogP contribution in [0.1, 0.15) is 13.8 Å². The number of nitrogens with two attached hydrogens (primary N) is 1. The van der Waals surface area contributed by atoms with Crippen LogP contribution < -0.4 is 10.5 Å². The van der Waals surface area contributed by atoms with Gasteiger partial charge in [-0.15, -0.1) is 0 Å². The maximum Gasteiger partial charge on any atom is 0.246 e. The Morgan fingerprint density at radius 1 is 1.40 bits per heavy atom. The Morgan fingerprint density at radius 3 is 2.60 bits per heavy atom. The van der Waals surface area contributed by atoms with Crippen molar-refractivity contribution in [2.45, 2.75) is 24.8 Å². The molecule has 7 heteroatoms. The molecule has 1 atom stereocenters. The fourth-order valence-corrected chi connectivity index (χ4v) is 3.25. The molecule has 0 spiro atoms. The fourth-order valence-electron chi connectivity index (χ4n) is 1.74. The largest absolute Gasteiger partial charge is 0.492 e. The minimum atomic E-state index is -3.69. The van der Waals surface area contributed by atoms with E-state index in [4.69, 9.17) is 15.2 Å². The molecule has 0 saturated heterocycles. The zero-order chi connectivity index (χ0) is 15.3. The number of nitrogen functional groups attached to an aromatic ring is 1. The number of anilines is 1. The van der Waals surface area contributed by atoms with E-state index < -0.39 is 10.0 Å². The van der Waals surface area contributed by atoms with Crippen molar-refractivity contribution in [3.63, 3.8) is 0 Å². The molecule has 0 aliphatic carbocycles. The van der Waals surface area contributed by atoms with Gasteiger partial charge < -0.3 is 15.2 Å². The van der Waals surface area contributed by atoms with Gasteiger partial charge in [-0.2, -0.15) is 4.31 Å². The molecule has 114 valence electrons. The van der Waals surface area contributed by atoms with Crippen molar-refractivity contribution in [2.75, 3.05) is 33.1 Å². The molecule has 1 aromatic carbocycles. The summed E-state index contributed by atoms with van der Waals surface area (Å²) in [5, 5.41) is 0. The third-order valence-corrected chi connectivity index (χ3v) is 4.95. The lowest BCUT2D eigenvalue weighted by Crippen LogP contribution is -2.38. The number of benzene rings is 1. The summed E-state index contributed by atoms with van der Waals surface area (Å²) < 4.78 is 36.9. The van der Waals surface area contributed by atoms with Crippen LogP contribution in [0.4, 0.5) is 5.69 Å². The van der Waals surface area contributed by atoms with Crippen LogP contribution in [0.25, 0.3) is 0 Å². The van der Waals surface area contributed by atoms with Crippen molar-refractivity contribution in [3.05, 3.63) is 18.2 Å². The highest BCUT2D eigenvalue weighted by molar-refractivity contribution is 7.89. The van der Waals surface area contributed by atoms with Crippen LogP contribution in [0, 0.1) is 0 Å². The summed E-state index contributed by atoms with van der Waals surface area (Å²) in [6, 6.07) is 4.31. The summed E-state index contributed by atoms with van der Waals surface area (Å²) in [6.45, 7) is 4.25. The Hall–Kier alpha value is -1.31. The molecule has 1 aromatic rings. The first-order valence-electron chi connectivity index (χ1n) is 6.33. The Balaban J connectivity index is 3.23. The van der Waals surface area contributed by atoms with Crippen molar-refractivity contribution >= 4 is 15.7 Å². The average molecular weight is 302 g/mol. The number of methoxy groups -OCH3 is 1. The summed E-state index contributed by atoms with van der Waals surface area (Å²) in [6.07, 6.45) is 0. The zero-order valence-corrected chi connectivity index (χ0v) is 13.1. The molecular formula is C13H22N2O4S. The number of ether oxygens (including phenoxy) is 2. The standard InChI is InChI=1S/C13H22N2O4S/c1-5-19-12-7-6-11(14)8-13(12)20(16,17)15(3)10(2)9-18-4/h6-8,10H,5,9,14H2,1-4H3. The summed E-state index contributed by atoms with van der Waals surface area (Å²) in [5.41, 5.74) is 6.07. The molecule has 0 amide bonds. The molecule has 6 nitrogen and oxygen atoms in total. The van der Waals surface area contributed by atoms with E-state index >= 15 is 0 Å². The predicted octanol–water partition coefficient (Wildman–Crippen LogP) is 1.32. The van der Waals surface area contributed by atoms with Gasteiger partial charge in [-0.1, -0.05) is 0 Å². The summed E-state index contributed by atoms with van der Waals surface area (Å²) in [4.78, 5) is 0.0739. The Bertz CT molecular complexity index is 545. The van der Waals surface area contributed by atoms with Crippen LogP contribution in [0.15, 0.2) is 23.1 Å². The minimum absolute atomic E-state index is 0.0739. The van der Waals surface area contributed by atoms with Crippen molar-refractivity contribution < 1.29 is 17.9 Å². The first-order chi connectivity index (χ1) is 9.34. The van der Waals surface area contributed by atoms with E-state index in [1.165, 1.54) is 24.5 Å². The van der Waals surface area contributed by atoms with E-state index in [-0.39, 0.29) is 10.9 Å². The Morgan fingerprint density at radius 2 is 2.05 bits per heavy atom. The molecule has 0 bridgehead atoms. The topological polar surface area (TPSA) is 81.9 Å². The lowest BCUT2D eigenvalue weighted by Gasteiger charge is -2.24. The van der Waals surface area contributed by atoms with Crippen molar-refractivity contribution in [1.82, 2.24) is 4.31 Å². The van der Waals surface area contributed by atoms with Gasteiger partial charge in [0.25, 0.3) is 0 Å². The minimum Gasteiger partial charge on any atom is -0.492 e. The van der Waals surface area contributed by atoms with Crippen LogP contribution in [-0.4, -0.2) is 46.1 Å². The van der Waals surface area contributed by atoms with Gasteiger partial charge in [-0.3, -0.25) is 0 Å². The molecule has 20 heavy (non-hydrogen) atoms. The lowest BCUT2D eigenvalue weighted by molar-refractivity contribution is 0.149. The van der Waals surface area contributed by atoms with Gasteiger partial charge in [0.2, 0.25) is 10.0 Å². The fraction of sp³-hybridized carbons (Fsp3) is 0.538. The highest BCUT2D eigenvalue weighted by atomic mass is 32.2. The third-order valence-electron chi connectivity index (χ3n) is 2.95. The normalized spacial score (nSPS) is 13.4. The molecule has 0 aliphatic heterocycles. The summed E-state index contributed by atoms with van der Waals surface area (Å²) in [7, 11) is -0.645. The second kappa shape index (κ2) is 6.92. The second-order valence-electron chi connectivity index (χ2n) is 4.46. The highest BCUT2D eigenvalue weighted by Gasteiger charge is 2.28. The maximum atomic E-state index is 12.6. The summed E-state index contributed by atoms with van der Waals surface area (Å²) in [5.74, 6) is 0.304. The number of rotatable bonds is 7. The first-order valence-corrected chi connectivity index (χ1v) is 7.77.